The molecule has 1 atom stereocenters. The van der Waals surface area contributed by atoms with E-state index in [1.807, 2.05) is 0 Å². The second-order valence-electron chi connectivity index (χ2n) is 9.38. The van der Waals surface area contributed by atoms with E-state index in [4.69, 9.17) is 14.9 Å². The Bertz CT molecular complexity index is 1120. The van der Waals surface area contributed by atoms with E-state index in [1.54, 1.807) is 11.9 Å². The summed E-state index contributed by atoms with van der Waals surface area (Å²) >= 11 is 0. The highest BCUT2D eigenvalue weighted by Gasteiger charge is 2.26. The third-order valence-electron chi connectivity index (χ3n) is 6.52. The van der Waals surface area contributed by atoms with E-state index in [0.717, 1.165) is 12.8 Å². The Morgan fingerprint density at radius 3 is 2.58 bits per heavy atom. The zero-order valence-corrected chi connectivity index (χ0v) is 21.2. The lowest BCUT2D eigenvalue weighted by Gasteiger charge is -2.26. The van der Waals surface area contributed by atoms with E-state index in [9.17, 15) is 18.9 Å². The Labute approximate surface area is 209 Å². The Morgan fingerprint density at radius 2 is 1.92 bits per heavy atom. The van der Waals surface area contributed by atoms with Crippen LogP contribution in [0.5, 0.6) is 5.75 Å². The first-order valence-electron chi connectivity index (χ1n) is 12.2. The number of likely N-dealkylation sites (N-methyl/N-ethyl adjacent to an activating group) is 1. The highest BCUT2D eigenvalue weighted by Crippen LogP contribution is 2.38. The van der Waals surface area contributed by atoms with Gasteiger partial charge < -0.3 is 24.8 Å². The Balaban J connectivity index is 1.64. The fraction of sp³-hybridized carbons (Fsp3) is 0.542. The molecule has 1 aromatic carbocycles. The molecule has 1 saturated carbocycles. The maximum Gasteiger partial charge on any atom is 0.524 e. The van der Waals surface area contributed by atoms with E-state index in [2.05, 4.69) is 14.8 Å². The van der Waals surface area contributed by atoms with Gasteiger partial charge in [0.25, 0.3) is 5.91 Å². The fourth-order valence-corrected chi connectivity index (χ4v) is 5.05. The summed E-state index contributed by atoms with van der Waals surface area (Å²) in [6.45, 7) is 0.531. The molecule has 1 fully saturated rings. The number of amides is 2. The van der Waals surface area contributed by atoms with Gasteiger partial charge in [0, 0.05) is 30.9 Å². The molecular formula is C24H34N3O8P. The maximum absolute atomic E-state index is 13.1. The molecule has 0 bridgehead atoms. The molecule has 1 unspecified atom stereocenters. The minimum atomic E-state index is -4.73. The van der Waals surface area contributed by atoms with Crippen molar-refractivity contribution in [2.24, 2.45) is 5.92 Å². The zero-order chi connectivity index (χ0) is 26.3. The van der Waals surface area contributed by atoms with Crippen LogP contribution in [0, 0.1) is 5.92 Å². The predicted octanol–water partition coefficient (Wildman–Crippen LogP) is 3.42. The van der Waals surface area contributed by atoms with Crippen LogP contribution in [-0.4, -0.2) is 62.2 Å². The number of nitrogens with one attached hydrogen (secondary N) is 2. The number of hydrogen-bond acceptors (Lipinski definition) is 5. The summed E-state index contributed by atoms with van der Waals surface area (Å²) in [7, 11) is -3.07. The number of phosphoric acid groups is 1. The highest BCUT2D eigenvalue weighted by atomic mass is 31.2. The third-order valence-corrected chi connectivity index (χ3v) is 6.97. The van der Waals surface area contributed by atoms with Crippen LogP contribution in [0.2, 0.25) is 0 Å². The van der Waals surface area contributed by atoms with Crippen molar-refractivity contribution in [3.8, 4) is 5.75 Å². The number of H-pyrrole nitrogens is 1. The minimum absolute atomic E-state index is 0.0482. The lowest BCUT2D eigenvalue weighted by atomic mass is 9.86. The largest absolute Gasteiger partial charge is 0.524 e. The number of phosphoric ester groups is 1. The summed E-state index contributed by atoms with van der Waals surface area (Å²) in [4.78, 5) is 59.5. The molecule has 0 spiro atoms. The van der Waals surface area contributed by atoms with Crippen LogP contribution in [-0.2, 0) is 14.2 Å². The molecule has 0 radical (unpaired) electrons. The number of carboxylic acids is 1. The Morgan fingerprint density at radius 1 is 1.19 bits per heavy atom. The van der Waals surface area contributed by atoms with Crippen LogP contribution in [0.1, 0.15) is 68.3 Å². The van der Waals surface area contributed by atoms with Gasteiger partial charge >= 0.3 is 13.8 Å². The summed E-state index contributed by atoms with van der Waals surface area (Å²) in [5, 5.41) is 12.2. The molecule has 2 aromatic rings. The summed E-state index contributed by atoms with van der Waals surface area (Å²) in [5.41, 5.74) is 0.637. The molecule has 12 heteroatoms. The quantitative estimate of drug-likeness (QED) is 0.264. The lowest BCUT2D eigenvalue weighted by molar-refractivity contribution is -0.137. The number of carboxylic acid groups (broad SMARTS) is 1. The van der Waals surface area contributed by atoms with Crippen molar-refractivity contribution >= 4 is 36.5 Å². The number of aliphatic carboxylic acids is 1. The molecule has 1 aliphatic rings. The van der Waals surface area contributed by atoms with E-state index in [1.165, 1.54) is 56.4 Å². The smallest absolute Gasteiger partial charge is 0.481 e. The molecule has 5 N–H and O–H groups in total. The first kappa shape index (κ1) is 27.7. The fourth-order valence-electron chi connectivity index (χ4n) is 4.66. The van der Waals surface area contributed by atoms with Crippen LogP contribution in [0.15, 0.2) is 24.3 Å². The number of fused-ring (bicyclic) bond motifs is 1. The molecule has 11 nitrogen and oxygen atoms in total. The average molecular weight is 524 g/mol. The molecule has 2 amide bonds. The number of hydrogen-bond donors (Lipinski definition) is 5. The summed E-state index contributed by atoms with van der Waals surface area (Å²) in [5.74, 6) is -1.37. The molecule has 198 valence electrons. The summed E-state index contributed by atoms with van der Waals surface area (Å²) in [6.07, 6.45) is 7.84. The maximum atomic E-state index is 13.1. The van der Waals surface area contributed by atoms with E-state index in [0.29, 0.717) is 23.4 Å². The summed E-state index contributed by atoms with van der Waals surface area (Å²) < 4.78 is 15.6. The summed E-state index contributed by atoms with van der Waals surface area (Å²) in [6, 6.07) is 4.68. The predicted molar refractivity (Wildman–Crippen MR) is 133 cm³/mol. The SMILES string of the molecule is CN(CCCC1CCCCC1)C(=O)C(CCC(=O)O)NC(=O)c1cc2cc(OP(=O)(O)O)ccc2[nH]1. The second kappa shape index (κ2) is 12.4. The molecule has 0 saturated heterocycles. The zero-order valence-electron chi connectivity index (χ0n) is 20.3. The number of aromatic nitrogens is 1. The first-order valence-corrected chi connectivity index (χ1v) is 13.7. The van der Waals surface area contributed by atoms with Gasteiger partial charge in [-0.05, 0) is 49.4 Å². The van der Waals surface area contributed by atoms with Gasteiger partial charge in [0.15, 0.2) is 0 Å². The monoisotopic (exact) mass is 523 g/mol. The van der Waals surface area contributed by atoms with Crippen LogP contribution < -0.4 is 9.84 Å². The normalized spacial score (nSPS) is 15.4. The number of carbonyl (C=O) groups is 3. The van der Waals surface area contributed by atoms with E-state index in [-0.39, 0.29) is 30.2 Å². The second-order valence-corrected chi connectivity index (χ2v) is 10.5. The van der Waals surface area contributed by atoms with Crippen LogP contribution in [0.3, 0.4) is 0 Å². The van der Waals surface area contributed by atoms with Crippen LogP contribution >= 0.6 is 7.82 Å². The van der Waals surface area contributed by atoms with Crippen molar-refractivity contribution < 1.29 is 38.4 Å². The molecule has 1 aromatic heterocycles. The Hall–Kier alpha value is -2.88. The van der Waals surface area contributed by atoms with Gasteiger partial charge in [-0.1, -0.05) is 32.1 Å². The molecule has 1 heterocycles. The molecule has 3 rings (SSSR count). The molecule has 36 heavy (non-hydrogen) atoms. The van der Waals surface area contributed by atoms with Gasteiger partial charge in [0.2, 0.25) is 5.91 Å². The molecule has 1 aliphatic carbocycles. The number of aromatic amines is 1. The minimum Gasteiger partial charge on any atom is -0.481 e. The van der Waals surface area contributed by atoms with Gasteiger partial charge in [0.1, 0.15) is 17.5 Å². The average Bonchev–Trinajstić information content (AvgIpc) is 3.24. The van der Waals surface area contributed by atoms with Gasteiger partial charge in [-0.15, -0.1) is 0 Å². The van der Waals surface area contributed by atoms with Gasteiger partial charge in [-0.3, -0.25) is 24.2 Å². The number of rotatable bonds is 12. The number of benzene rings is 1. The Kier molecular flexibility index (Phi) is 9.53. The highest BCUT2D eigenvalue weighted by molar-refractivity contribution is 7.46. The topological polar surface area (TPSA) is 169 Å². The first-order chi connectivity index (χ1) is 17.0. The van der Waals surface area contributed by atoms with Crippen LogP contribution in [0.4, 0.5) is 0 Å². The van der Waals surface area contributed by atoms with Crippen molar-refractivity contribution in [2.45, 2.75) is 63.8 Å². The molecular weight excluding hydrogens is 489 g/mol. The van der Waals surface area contributed by atoms with Gasteiger partial charge in [0.05, 0.1) is 0 Å². The number of nitrogens with zero attached hydrogens (tertiary/aromatic N) is 1. The van der Waals surface area contributed by atoms with Crippen molar-refractivity contribution in [3.63, 3.8) is 0 Å². The lowest BCUT2D eigenvalue weighted by Crippen LogP contribution is -2.48. The van der Waals surface area contributed by atoms with E-state index < -0.39 is 25.7 Å². The molecule has 0 aliphatic heterocycles. The van der Waals surface area contributed by atoms with Gasteiger partial charge in [-0.25, -0.2) is 4.57 Å². The van der Waals surface area contributed by atoms with Gasteiger partial charge in [-0.2, -0.15) is 0 Å². The van der Waals surface area contributed by atoms with Crippen LogP contribution in [0.25, 0.3) is 10.9 Å². The number of carbonyl (C=O) groups excluding carboxylic acids is 2. The standard InChI is InChI=1S/C24H34N3O8P/c1-27(13-5-8-16-6-3-2-4-7-16)24(31)20(11-12-22(28)29)26-23(30)21-15-17-14-18(35-36(32,33)34)9-10-19(17)25-21/h9-10,14-16,20,25H,2-8,11-13H2,1H3,(H,26,30)(H,28,29)(H2,32,33,34). The van der Waals surface area contributed by atoms with Crippen molar-refractivity contribution in [3.05, 3.63) is 30.0 Å². The van der Waals surface area contributed by atoms with Crippen molar-refractivity contribution in [2.75, 3.05) is 13.6 Å². The van der Waals surface area contributed by atoms with E-state index >= 15 is 0 Å². The van der Waals surface area contributed by atoms with Crippen molar-refractivity contribution in [1.82, 2.24) is 15.2 Å². The third kappa shape index (κ3) is 8.36. The van der Waals surface area contributed by atoms with Crippen molar-refractivity contribution in [1.29, 1.82) is 0 Å².